The van der Waals surface area contributed by atoms with Crippen LogP contribution in [0.15, 0.2) is 42.5 Å². The first-order chi connectivity index (χ1) is 10.1. The standard InChI is InChI=1S/C15H15ClN2O3/c1-17-9-11-3-2-4-14(7-11)21-10-12-5-6-13(16)8-15(12)18(19)20/h2-8,17H,9-10H2,1H3. The zero-order chi connectivity index (χ0) is 15.2. The second-order valence-electron chi connectivity index (χ2n) is 4.50. The molecule has 5 nitrogen and oxygen atoms in total. The molecule has 1 N–H and O–H groups in total. The summed E-state index contributed by atoms with van der Waals surface area (Å²) in [5, 5.41) is 14.4. The quantitative estimate of drug-likeness (QED) is 0.655. The number of nitro benzene ring substituents is 1. The minimum absolute atomic E-state index is 0.0334. The third-order valence-electron chi connectivity index (χ3n) is 2.92. The maximum atomic E-state index is 11.0. The van der Waals surface area contributed by atoms with Crippen LogP contribution >= 0.6 is 11.6 Å². The average Bonchev–Trinajstić information content (AvgIpc) is 2.46. The minimum Gasteiger partial charge on any atom is -0.489 e. The topological polar surface area (TPSA) is 64.4 Å². The lowest BCUT2D eigenvalue weighted by Crippen LogP contribution is -2.05. The Bertz CT molecular complexity index is 647. The summed E-state index contributed by atoms with van der Waals surface area (Å²) in [5.41, 5.74) is 1.54. The van der Waals surface area contributed by atoms with Crippen LogP contribution in [0.3, 0.4) is 0 Å². The maximum Gasteiger partial charge on any atom is 0.277 e. The number of benzene rings is 2. The zero-order valence-electron chi connectivity index (χ0n) is 11.5. The van der Waals surface area contributed by atoms with Crippen LogP contribution in [-0.4, -0.2) is 12.0 Å². The molecule has 0 atom stereocenters. The summed E-state index contributed by atoms with van der Waals surface area (Å²) in [6.45, 7) is 0.856. The van der Waals surface area contributed by atoms with Crippen molar-refractivity contribution in [2.24, 2.45) is 0 Å². The van der Waals surface area contributed by atoms with E-state index < -0.39 is 4.92 Å². The van der Waals surface area contributed by atoms with Crippen LogP contribution in [-0.2, 0) is 13.2 Å². The maximum absolute atomic E-state index is 11.0. The van der Waals surface area contributed by atoms with Gasteiger partial charge < -0.3 is 10.1 Å². The highest BCUT2D eigenvalue weighted by atomic mass is 35.5. The Balaban J connectivity index is 2.13. The van der Waals surface area contributed by atoms with E-state index in [0.29, 0.717) is 16.3 Å². The number of ether oxygens (including phenoxy) is 1. The monoisotopic (exact) mass is 306 g/mol. The van der Waals surface area contributed by atoms with Gasteiger partial charge >= 0.3 is 0 Å². The minimum atomic E-state index is -0.456. The second-order valence-corrected chi connectivity index (χ2v) is 4.93. The first-order valence-corrected chi connectivity index (χ1v) is 6.77. The molecule has 0 unspecified atom stereocenters. The van der Waals surface area contributed by atoms with E-state index in [2.05, 4.69) is 5.32 Å². The van der Waals surface area contributed by atoms with Gasteiger partial charge in [-0.3, -0.25) is 10.1 Å². The van der Waals surface area contributed by atoms with Crippen molar-refractivity contribution < 1.29 is 9.66 Å². The van der Waals surface area contributed by atoms with Crippen LogP contribution in [0.2, 0.25) is 5.02 Å². The normalized spacial score (nSPS) is 10.4. The molecule has 0 saturated heterocycles. The molecule has 0 aliphatic carbocycles. The third-order valence-corrected chi connectivity index (χ3v) is 3.15. The van der Waals surface area contributed by atoms with Crippen molar-refractivity contribution >= 4 is 17.3 Å². The van der Waals surface area contributed by atoms with Crippen molar-refractivity contribution in [3.63, 3.8) is 0 Å². The van der Waals surface area contributed by atoms with Gasteiger partial charge in [-0.2, -0.15) is 0 Å². The van der Waals surface area contributed by atoms with Gasteiger partial charge in [-0.25, -0.2) is 0 Å². The number of hydrogen-bond donors (Lipinski definition) is 1. The summed E-state index contributed by atoms with van der Waals surface area (Å²) >= 11 is 5.78. The van der Waals surface area contributed by atoms with Gasteiger partial charge in [-0.1, -0.05) is 23.7 Å². The van der Waals surface area contributed by atoms with E-state index in [0.717, 1.165) is 12.1 Å². The summed E-state index contributed by atoms with van der Waals surface area (Å²) in [4.78, 5) is 10.6. The van der Waals surface area contributed by atoms with Crippen molar-refractivity contribution in [3.8, 4) is 5.75 Å². The van der Waals surface area contributed by atoms with E-state index in [1.54, 1.807) is 12.1 Å². The van der Waals surface area contributed by atoms with Crippen LogP contribution in [0, 0.1) is 10.1 Å². The fourth-order valence-corrected chi connectivity index (χ4v) is 2.11. The molecule has 0 aromatic heterocycles. The molecule has 0 heterocycles. The molecule has 0 spiro atoms. The lowest BCUT2D eigenvalue weighted by atomic mass is 10.2. The second kappa shape index (κ2) is 7.06. The molecule has 2 aromatic rings. The number of hydrogen-bond acceptors (Lipinski definition) is 4. The largest absolute Gasteiger partial charge is 0.489 e. The molecule has 0 amide bonds. The van der Waals surface area contributed by atoms with Crippen LogP contribution in [0.1, 0.15) is 11.1 Å². The van der Waals surface area contributed by atoms with Crippen molar-refractivity contribution in [1.82, 2.24) is 5.32 Å². The Morgan fingerprint density at radius 2 is 2.10 bits per heavy atom. The van der Waals surface area contributed by atoms with E-state index in [4.69, 9.17) is 16.3 Å². The Morgan fingerprint density at radius 3 is 2.81 bits per heavy atom. The molecule has 0 aliphatic rings. The summed E-state index contributed by atoms with van der Waals surface area (Å²) in [7, 11) is 1.87. The van der Waals surface area contributed by atoms with E-state index in [1.807, 2.05) is 31.3 Å². The summed E-state index contributed by atoms with van der Waals surface area (Å²) in [6.07, 6.45) is 0. The van der Waals surface area contributed by atoms with Crippen LogP contribution in [0.4, 0.5) is 5.69 Å². The summed E-state index contributed by atoms with van der Waals surface area (Å²) in [6, 6.07) is 12.1. The summed E-state index contributed by atoms with van der Waals surface area (Å²) < 4.78 is 5.63. The molecule has 6 heteroatoms. The SMILES string of the molecule is CNCc1cccc(OCc2ccc(Cl)cc2[N+](=O)[O-])c1. The first kappa shape index (κ1) is 15.3. The molecular formula is C15H15ClN2O3. The van der Waals surface area contributed by atoms with Gasteiger partial charge in [0.15, 0.2) is 0 Å². The zero-order valence-corrected chi connectivity index (χ0v) is 12.3. The predicted octanol–water partition coefficient (Wildman–Crippen LogP) is 3.55. The van der Waals surface area contributed by atoms with Crippen molar-refractivity contribution in [2.75, 3.05) is 7.05 Å². The molecule has 110 valence electrons. The van der Waals surface area contributed by atoms with Crippen LogP contribution in [0.25, 0.3) is 0 Å². The van der Waals surface area contributed by atoms with Gasteiger partial charge in [0.2, 0.25) is 0 Å². The van der Waals surface area contributed by atoms with Gasteiger partial charge in [0.25, 0.3) is 5.69 Å². The molecule has 0 bridgehead atoms. The highest BCUT2D eigenvalue weighted by molar-refractivity contribution is 6.30. The Hall–Kier alpha value is -2.11. The predicted molar refractivity (Wildman–Crippen MR) is 81.6 cm³/mol. The highest BCUT2D eigenvalue weighted by Gasteiger charge is 2.14. The fourth-order valence-electron chi connectivity index (χ4n) is 1.94. The van der Waals surface area contributed by atoms with Gasteiger partial charge in [0.1, 0.15) is 12.4 Å². The van der Waals surface area contributed by atoms with Crippen LogP contribution in [0.5, 0.6) is 5.75 Å². The number of nitro groups is 1. The van der Waals surface area contributed by atoms with Gasteiger partial charge in [0, 0.05) is 17.6 Å². The Morgan fingerprint density at radius 1 is 1.29 bits per heavy atom. The lowest BCUT2D eigenvalue weighted by Gasteiger charge is -2.08. The smallest absolute Gasteiger partial charge is 0.277 e. The molecule has 2 aromatic carbocycles. The Labute approximate surface area is 127 Å². The van der Waals surface area contributed by atoms with Crippen molar-refractivity contribution in [1.29, 1.82) is 0 Å². The molecule has 0 aliphatic heterocycles. The highest BCUT2D eigenvalue weighted by Crippen LogP contribution is 2.25. The molecule has 21 heavy (non-hydrogen) atoms. The molecule has 0 radical (unpaired) electrons. The summed E-state index contributed by atoms with van der Waals surface area (Å²) in [5.74, 6) is 0.673. The van der Waals surface area contributed by atoms with E-state index in [-0.39, 0.29) is 12.3 Å². The van der Waals surface area contributed by atoms with Gasteiger partial charge in [-0.15, -0.1) is 0 Å². The molecule has 2 rings (SSSR count). The number of nitrogens with one attached hydrogen (secondary N) is 1. The number of rotatable bonds is 6. The van der Waals surface area contributed by atoms with E-state index >= 15 is 0 Å². The van der Waals surface area contributed by atoms with E-state index in [1.165, 1.54) is 6.07 Å². The van der Waals surface area contributed by atoms with Gasteiger partial charge in [-0.05, 0) is 36.9 Å². The first-order valence-electron chi connectivity index (χ1n) is 6.39. The molecular weight excluding hydrogens is 292 g/mol. The molecule has 0 fully saturated rings. The fraction of sp³-hybridized carbons (Fsp3) is 0.200. The van der Waals surface area contributed by atoms with Crippen molar-refractivity contribution in [3.05, 3.63) is 68.7 Å². The third kappa shape index (κ3) is 4.18. The number of halogens is 1. The van der Waals surface area contributed by atoms with Gasteiger partial charge in [0.05, 0.1) is 10.5 Å². The van der Waals surface area contributed by atoms with Crippen molar-refractivity contribution in [2.45, 2.75) is 13.2 Å². The number of nitrogens with zero attached hydrogens (tertiary/aromatic N) is 1. The van der Waals surface area contributed by atoms with Crippen LogP contribution < -0.4 is 10.1 Å². The lowest BCUT2D eigenvalue weighted by molar-refractivity contribution is -0.385. The van der Waals surface area contributed by atoms with E-state index in [9.17, 15) is 10.1 Å². The molecule has 0 saturated carbocycles. The Kier molecular flexibility index (Phi) is 5.14. The average molecular weight is 307 g/mol.